The van der Waals surface area contributed by atoms with Crippen LogP contribution < -0.4 is 5.32 Å². The van der Waals surface area contributed by atoms with Gasteiger partial charge >= 0.3 is 6.03 Å². The van der Waals surface area contributed by atoms with Gasteiger partial charge in [0.1, 0.15) is 0 Å². The summed E-state index contributed by atoms with van der Waals surface area (Å²) < 4.78 is 0.126. The van der Waals surface area contributed by atoms with E-state index in [-0.39, 0.29) is 15.7 Å². The van der Waals surface area contributed by atoms with E-state index in [0.717, 1.165) is 12.8 Å². The second-order valence-electron chi connectivity index (χ2n) is 4.53. The van der Waals surface area contributed by atoms with E-state index in [9.17, 15) is 9.59 Å². The van der Waals surface area contributed by atoms with Crippen molar-refractivity contribution in [3.05, 3.63) is 29.3 Å². The van der Waals surface area contributed by atoms with E-state index in [0.29, 0.717) is 23.8 Å². The maximum Gasteiger partial charge on any atom is 0.321 e. The Labute approximate surface area is 130 Å². The minimum absolute atomic E-state index is 0.0367. The van der Waals surface area contributed by atoms with Crippen molar-refractivity contribution in [2.75, 3.05) is 18.4 Å². The minimum Gasteiger partial charge on any atom is -0.324 e. The first-order valence-corrected chi connectivity index (χ1v) is 7.53. The number of urea groups is 1. The van der Waals surface area contributed by atoms with Gasteiger partial charge in [-0.05, 0) is 59.7 Å². The molecule has 0 bridgehead atoms. The molecule has 1 saturated heterocycles. The van der Waals surface area contributed by atoms with Crippen molar-refractivity contribution in [1.82, 2.24) is 4.90 Å². The number of hydrogen-bond acceptors (Lipinski definition) is 2. The number of nitrogens with one attached hydrogen (secondary N) is 1. The van der Waals surface area contributed by atoms with Gasteiger partial charge in [0.25, 0.3) is 0 Å². The lowest BCUT2D eigenvalue weighted by molar-refractivity contribution is -0.113. The molecule has 1 fully saturated rings. The average Bonchev–Trinajstić information content (AvgIpc) is 2.41. The van der Waals surface area contributed by atoms with Crippen LogP contribution in [-0.2, 0) is 4.79 Å². The molecule has 1 aliphatic rings. The number of carbonyl (C=O) groups excluding carboxylic acids is 2. The predicted molar refractivity (Wildman–Crippen MR) is 83.8 cm³/mol. The van der Waals surface area contributed by atoms with E-state index in [2.05, 4.69) is 5.32 Å². The van der Waals surface area contributed by atoms with Crippen LogP contribution in [0.4, 0.5) is 10.5 Å². The number of nitrogens with zero attached hydrogens (tertiary/aromatic N) is 1. The van der Waals surface area contributed by atoms with Crippen molar-refractivity contribution < 1.29 is 9.59 Å². The molecule has 1 aromatic rings. The highest BCUT2D eigenvalue weighted by Gasteiger charge is 2.26. The molecule has 1 aromatic carbocycles. The average molecular weight is 393 g/mol. The van der Waals surface area contributed by atoms with Gasteiger partial charge in [-0.15, -0.1) is 0 Å². The van der Waals surface area contributed by atoms with E-state index in [1.54, 1.807) is 29.2 Å². The number of anilines is 1. The molecular weight excluding hydrogens is 379 g/mol. The normalized spacial score (nSPS) is 19.1. The van der Waals surface area contributed by atoms with Crippen molar-refractivity contribution in [2.45, 2.75) is 12.8 Å². The molecular formula is C13H14ClIN2O2. The van der Waals surface area contributed by atoms with Gasteiger partial charge in [-0.1, -0.05) is 11.6 Å². The summed E-state index contributed by atoms with van der Waals surface area (Å²) in [5.41, 5.74) is 0.706. The first kappa shape index (κ1) is 14.6. The molecule has 102 valence electrons. The second-order valence-corrected chi connectivity index (χ2v) is 6.03. The lowest BCUT2D eigenvalue weighted by Crippen LogP contribution is -2.43. The predicted octanol–water partition coefficient (Wildman–Crippen LogP) is 3.55. The van der Waals surface area contributed by atoms with E-state index in [4.69, 9.17) is 11.6 Å². The molecule has 19 heavy (non-hydrogen) atoms. The number of hydrogen-bond donors (Lipinski definition) is 1. The zero-order chi connectivity index (χ0) is 13.8. The Morgan fingerprint density at radius 1 is 1.32 bits per heavy atom. The maximum atomic E-state index is 12.1. The molecule has 1 N–H and O–H groups in total. The van der Waals surface area contributed by atoms with Gasteiger partial charge in [0.2, 0.25) is 0 Å². The molecule has 0 spiro atoms. The van der Waals surface area contributed by atoms with E-state index < -0.39 is 0 Å². The van der Waals surface area contributed by atoms with Crippen LogP contribution in [0.15, 0.2) is 24.3 Å². The summed E-state index contributed by atoms with van der Waals surface area (Å²) in [6, 6.07) is 6.80. The zero-order valence-corrected chi connectivity index (χ0v) is 13.1. The monoisotopic (exact) mass is 392 g/mol. The van der Waals surface area contributed by atoms with E-state index in [1.807, 2.05) is 22.6 Å². The van der Waals surface area contributed by atoms with Gasteiger partial charge < -0.3 is 10.2 Å². The van der Waals surface area contributed by atoms with Crippen LogP contribution in [0, 0.1) is 5.92 Å². The highest BCUT2D eigenvalue weighted by atomic mass is 127. The number of rotatable bonds is 2. The highest BCUT2D eigenvalue weighted by molar-refractivity contribution is 14.1. The standard InChI is InChI=1S/C13H14ClIN2O2/c14-10-3-5-11(6-4-10)16-13(19)17-7-1-2-9(8-17)12(15)18/h3-6,9H,1-2,7-8H2,(H,16,19). The quantitative estimate of drug-likeness (QED) is 0.618. The SMILES string of the molecule is O=C(I)C1CCCN(C(=O)Nc2ccc(Cl)cc2)C1. The minimum atomic E-state index is -0.162. The Kier molecular flexibility index (Phi) is 5.04. The molecule has 6 heteroatoms. The van der Waals surface area contributed by atoms with Crippen molar-refractivity contribution in [3.8, 4) is 0 Å². The van der Waals surface area contributed by atoms with Crippen molar-refractivity contribution >= 4 is 49.7 Å². The highest BCUT2D eigenvalue weighted by Crippen LogP contribution is 2.21. The van der Waals surface area contributed by atoms with Crippen molar-refractivity contribution in [1.29, 1.82) is 0 Å². The third-order valence-corrected chi connectivity index (χ3v) is 4.26. The smallest absolute Gasteiger partial charge is 0.321 e. The maximum absolute atomic E-state index is 12.1. The fourth-order valence-electron chi connectivity index (χ4n) is 2.08. The summed E-state index contributed by atoms with van der Waals surface area (Å²) in [6.07, 6.45) is 1.74. The van der Waals surface area contributed by atoms with Crippen molar-refractivity contribution in [3.63, 3.8) is 0 Å². The van der Waals surface area contributed by atoms with Gasteiger partial charge in [-0.25, -0.2) is 4.79 Å². The van der Waals surface area contributed by atoms with E-state index in [1.165, 1.54) is 0 Å². The number of benzene rings is 1. The van der Waals surface area contributed by atoms with Gasteiger partial charge in [0.15, 0.2) is 3.79 Å². The molecule has 2 amide bonds. The number of amides is 2. The first-order chi connectivity index (χ1) is 9.06. The Morgan fingerprint density at radius 2 is 2.00 bits per heavy atom. The number of piperidine rings is 1. The molecule has 1 heterocycles. The lowest BCUT2D eigenvalue weighted by Gasteiger charge is -2.31. The van der Waals surface area contributed by atoms with Crippen LogP contribution in [0.1, 0.15) is 12.8 Å². The first-order valence-electron chi connectivity index (χ1n) is 6.07. The molecule has 1 aliphatic heterocycles. The molecule has 2 rings (SSSR count). The molecule has 0 saturated carbocycles. The summed E-state index contributed by atoms with van der Waals surface area (Å²) in [7, 11) is 0. The van der Waals surface area contributed by atoms with Gasteiger partial charge in [0.05, 0.1) is 0 Å². The summed E-state index contributed by atoms with van der Waals surface area (Å²) in [4.78, 5) is 25.2. The fraction of sp³-hybridized carbons (Fsp3) is 0.385. The summed E-state index contributed by atoms with van der Waals surface area (Å²) in [5.74, 6) is -0.0367. The second kappa shape index (κ2) is 6.56. The topological polar surface area (TPSA) is 49.4 Å². The number of halogens is 2. The Morgan fingerprint density at radius 3 is 2.63 bits per heavy atom. The zero-order valence-electron chi connectivity index (χ0n) is 10.2. The van der Waals surface area contributed by atoms with Crippen LogP contribution in [0.25, 0.3) is 0 Å². The van der Waals surface area contributed by atoms with Crippen LogP contribution in [0.5, 0.6) is 0 Å². The van der Waals surface area contributed by atoms with Gasteiger partial charge in [-0.3, -0.25) is 4.79 Å². The molecule has 0 radical (unpaired) electrons. The molecule has 0 aromatic heterocycles. The Balaban J connectivity index is 1.96. The Hall–Kier alpha value is -0.820. The fourth-order valence-corrected chi connectivity index (χ4v) is 2.72. The van der Waals surface area contributed by atoms with Crippen LogP contribution >= 0.6 is 34.2 Å². The summed E-state index contributed by atoms with van der Waals surface area (Å²) in [5, 5.41) is 3.44. The molecule has 1 atom stereocenters. The summed E-state index contributed by atoms with van der Waals surface area (Å²) in [6.45, 7) is 1.20. The Bertz CT molecular complexity index is 478. The molecule has 0 aliphatic carbocycles. The largest absolute Gasteiger partial charge is 0.324 e. The van der Waals surface area contributed by atoms with Crippen LogP contribution in [0.3, 0.4) is 0 Å². The summed E-state index contributed by atoms with van der Waals surface area (Å²) >= 11 is 7.60. The molecule has 1 unspecified atom stereocenters. The lowest BCUT2D eigenvalue weighted by atomic mass is 10.0. The number of carbonyl (C=O) groups is 2. The van der Waals surface area contributed by atoms with Crippen LogP contribution in [0.2, 0.25) is 5.02 Å². The number of likely N-dealkylation sites (tertiary alicyclic amines) is 1. The van der Waals surface area contributed by atoms with Crippen LogP contribution in [-0.4, -0.2) is 27.8 Å². The van der Waals surface area contributed by atoms with E-state index >= 15 is 0 Å². The van der Waals surface area contributed by atoms with Gasteiger partial charge in [-0.2, -0.15) is 0 Å². The van der Waals surface area contributed by atoms with Gasteiger partial charge in [0, 0.05) is 29.7 Å². The van der Waals surface area contributed by atoms with Crippen molar-refractivity contribution in [2.24, 2.45) is 5.92 Å². The molecule has 4 nitrogen and oxygen atoms in total. The third kappa shape index (κ3) is 4.07. The third-order valence-electron chi connectivity index (χ3n) is 3.13.